The number of amides is 2. The Kier molecular flexibility index (Phi) is 5.76. The predicted molar refractivity (Wildman–Crippen MR) is 103 cm³/mol. The van der Waals surface area contributed by atoms with Gasteiger partial charge < -0.3 is 11.1 Å². The number of primary amides is 1. The van der Waals surface area contributed by atoms with Gasteiger partial charge in [0.15, 0.2) is 0 Å². The third-order valence-corrected chi connectivity index (χ3v) is 5.79. The third kappa shape index (κ3) is 4.33. The molecule has 0 radical (unpaired) electrons. The molecule has 0 spiro atoms. The fraction of sp³-hybridized carbons (Fsp3) is 0.421. The molecule has 2 amide bonds. The van der Waals surface area contributed by atoms with Crippen LogP contribution in [0.3, 0.4) is 0 Å². The largest absolute Gasteiger partial charge is 0.365 e. The normalized spacial score (nSPS) is 16.2. The van der Waals surface area contributed by atoms with Gasteiger partial charge in [0.05, 0.1) is 17.5 Å². The molecule has 138 valence electrons. The highest BCUT2D eigenvalue weighted by Gasteiger charge is 2.24. The second-order valence-electron chi connectivity index (χ2n) is 6.84. The van der Waals surface area contributed by atoms with Crippen molar-refractivity contribution >= 4 is 27.7 Å². The molecular formula is C19H23BrN4O2. The molecule has 0 saturated heterocycles. The maximum atomic E-state index is 12.2. The maximum absolute atomic E-state index is 12.2. The van der Waals surface area contributed by atoms with E-state index in [-0.39, 0.29) is 5.91 Å². The number of hydrogen-bond acceptors (Lipinski definition) is 3. The van der Waals surface area contributed by atoms with E-state index in [0.717, 1.165) is 35.1 Å². The molecule has 1 aliphatic rings. The van der Waals surface area contributed by atoms with Crippen molar-refractivity contribution in [3.63, 3.8) is 0 Å². The fourth-order valence-corrected chi connectivity index (χ4v) is 3.59. The molecule has 3 rings (SSSR count). The first-order valence-electron chi connectivity index (χ1n) is 8.80. The Bertz CT molecular complexity index is 831. The van der Waals surface area contributed by atoms with Gasteiger partial charge in [-0.1, -0.05) is 28.1 Å². The van der Waals surface area contributed by atoms with Gasteiger partial charge in [0.1, 0.15) is 0 Å². The Morgan fingerprint density at radius 1 is 1.42 bits per heavy atom. The van der Waals surface area contributed by atoms with E-state index in [1.165, 1.54) is 5.56 Å². The minimum Gasteiger partial charge on any atom is -0.365 e. The van der Waals surface area contributed by atoms with Gasteiger partial charge in [0.2, 0.25) is 5.91 Å². The smallest absolute Gasteiger partial charge is 0.252 e. The van der Waals surface area contributed by atoms with Crippen LogP contribution < -0.4 is 11.1 Å². The third-order valence-electron chi connectivity index (χ3n) is 4.90. The van der Waals surface area contributed by atoms with Crippen molar-refractivity contribution in [3.05, 3.63) is 51.3 Å². The lowest BCUT2D eigenvalue weighted by Gasteiger charge is -2.24. The molecule has 0 unspecified atom stereocenters. The molecule has 3 N–H and O–H groups in total. The van der Waals surface area contributed by atoms with E-state index in [1.54, 1.807) is 6.20 Å². The number of nitrogens with zero attached hydrogens (tertiary/aromatic N) is 2. The molecule has 0 aliphatic carbocycles. The highest BCUT2D eigenvalue weighted by molar-refractivity contribution is 9.10. The van der Waals surface area contributed by atoms with Crippen LogP contribution in [0.15, 0.2) is 28.9 Å². The lowest BCUT2D eigenvalue weighted by atomic mass is 9.94. The average molecular weight is 419 g/mol. The summed E-state index contributed by atoms with van der Waals surface area (Å²) < 4.78 is 2.92. The molecule has 0 fully saturated rings. The van der Waals surface area contributed by atoms with Crippen molar-refractivity contribution in [1.29, 1.82) is 0 Å². The van der Waals surface area contributed by atoms with Crippen LogP contribution in [-0.4, -0.2) is 28.1 Å². The molecule has 26 heavy (non-hydrogen) atoms. The zero-order valence-electron chi connectivity index (χ0n) is 14.8. The van der Waals surface area contributed by atoms with Crippen LogP contribution >= 0.6 is 15.9 Å². The van der Waals surface area contributed by atoms with Gasteiger partial charge in [-0.05, 0) is 49.3 Å². The van der Waals surface area contributed by atoms with Crippen LogP contribution in [0.1, 0.15) is 40.0 Å². The Morgan fingerprint density at radius 3 is 2.96 bits per heavy atom. The molecule has 2 heterocycles. The highest BCUT2D eigenvalue weighted by Crippen LogP contribution is 2.22. The summed E-state index contributed by atoms with van der Waals surface area (Å²) in [5, 5.41) is 7.24. The number of fused-ring (bicyclic) bond motifs is 1. The SMILES string of the molecule is Cc1cc(CCC(=O)NC[C@H]2CCn3ncc(C(N)=O)c3C2)ccc1Br. The number of carbonyl (C=O) groups excluding carboxylic acids is 2. The highest BCUT2D eigenvalue weighted by atomic mass is 79.9. The van der Waals surface area contributed by atoms with E-state index in [4.69, 9.17) is 5.73 Å². The summed E-state index contributed by atoms with van der Waals surface area (Å²) >= 11 is 3.49. The molecule has 0 saturated carbocycles. The molecule has 0 bridgehead atoms. The second kappa shape index (κ2) is 8.03. The first kappa shape index (κ1) is 18.6. The van der Waals surface area contributed by atoms with E-state index < -0.39 is 5.91 Å². The molecule has 1 atom stereocenters. The van der Waals surface area contributed by atoms with Crippen LogP contribution in [0.25, 0.3) is 0 Å². The topological polar surface area (TPSA) is 90.0 Å². The molecule has 1 aliphatic heterocycles. The Hall–Kier alpha value is -2.15. The van der Waals surface area contributed by atoms with E-state index >= 15 is 0 Å². The lowest BCUT2D eigenvalue weighted by molar-refractivity contribution is -0.121. The number of nitrogens with two attached hydrogens (primary N) is 1. The van der Waals surface area contributed by atoms with Gasteiger partial charge in [-0.2, -0.15) is 5.10 Å². The Balaban J connectivity index is 1.48. The van der Waals surface area contributed by atoms with Gasteiger partial charge in [0, 0.05) is 24.0 Å². The predicted octanol–water partition coefficient (Wildman–Crippen LogP) is 2.36. The van der Waals surface area contributed by atoms with Gasteiger partial charge in [-0.15, -0.1) is 0 Å². The molecule has 2 aromatic rings. The van der Waals surface area contributed by atoms with E-state index in [0.29, 0.717) is 30.9 Å². The molecule has 1 aromatic heterocycles. The summed E-state index contributed by atoms with van der Waals surface area (Å²) in [5.41, 5.74) is 9.11. The van der Waals surface area contributed by atoms with E-state index in [2.05, 4.69) is 32.4 Å². The van der Waals surface area contributed by atoms with E-state index in [9.17, 15) is 9.59 Å². The maximum Gasteiger partial charge on any atom is 0.252 e. The van der Waals surface area contributed by atoms with E-state index in [1.807, 2.05) is 23.7 Å². The second-order valence-corrected chi connectivity index (χ2v) is 7.69. The number of aryl methyl sites for hydroxylation is 3. The zero-order valence-corrected chi connectivity index (χ0v) is 16.4. The van der Waals surface area contributed by atoms with Gasteiger partial charge in [-0.25, -0.2) is 0 Å². The van der Waals surface area contributed by atoms with Gasteiger partial charge in [-0.3, -0.25) is 14.3 Å². The van der Waals surface area contributed by atoms with Crippen LogP contribution in [0, 0.1) is 12.8 Å². The van der Waals surface area contributed by atoms with Gasteiger partial charge >= 0.3 is 0 Å². The van der Waals surface area contributed by atoms with Crippen molar-refractivity contribution in [2.45, 2.75) is 39.2 Å². The summed E-state index contributed by atoms with van der Waals surface area (Å²) in [6.45, 7) is 3.41. The van der Waals surface area contributed by atoms with Crippen molar-refractivity contribution in [2.75, 3.05) is 6.54 Å². The number of halogens is 1. The summed E-state index contributed by atoms with van der Waals surface area (Å²) in [6.07, 6.45) is 4.38. The first-order valence-corrected chi connectivity index (χ1v) is 9.59. The minimum absolute atomic E-state index is 0.0553. The number of aromatic nitrogens is 2. The van der Waals surface area contributed by atoms with Crippen LogP contribution in [0.4, 0.5) is 0 Å². The van der Waals surface area contributed by atoms with Crippen molar-refractivity contribution in [1.82, 2.24) is 15.1 Å². The first-order chi connectivity index (χ1) is 12.4. The molecular weight excluding hydrogens is 396 g/mol. The zero-order chi connectivity index (χ0) is 18.7. The standard InChI is InChI=1S/C19H23BrN4O2/c1-12-8-13(2-4-16(12)20)3-5-18(25)22-10-14-6-7-24-17(9-14)15(11-23-24)19(21)26/h2,4,8,11,14H,3,5-7,9-10H2,1H3,(H2,21,26)(H,22,25)/t14-/m0/s1. The Labute approximate surface area is 161 Å². The van der Waals surface area contributed by atoms with Crippen LogP contribution in [-0.2, 0) is 24.2 Å². The minimum atomic E-state index is -0.444. The van der Waals surface area contributed by atoms with Crippen molar-refractivity contribution < 1.29 is 9.59 Å². The Morgan fingerprint density at radius 2 is 2.23 bits per heavy atom. The van der Waals surface area contributed by atoms with Crippen molar-refractivity contribution in [3.8, 4) is 0 Å². The van der Waals surface area contributed by atoms with Gasteiger partial charge in [0.25, 0.3) is 5.91 Å². The lowest BCUT2D eigenvalue weighted by Crippen LogP contribution is -2.34. The number of hydrogen-bond donors (Lipinski definition) is 2. The summed E-state index contributed by atoms with van der Waals surface area (Å²) in [4.78, 5) is 23.6. The fourth-order valence-electron chi connectivity index (χ4n) is 3.35. The average Bonchev–Trinajstić information content (AvgIpc) is 3.04. The van der Waals surface area contributed by atoms with Crippen LogP contribution in [0.2, 0.25) is 0 Å². The quantitative estimate of drug-likeness (QED) is 0.754. The van der Waals surface area contributed by atoms with Crippen LogP contribution in [0.5, 0.6) is 0 Å². The summed E-state index contributed by atoms with van der Waals surface area (Å²) in [7, 11) is 0. The summed E-state index contributed by atoms with van der Waals surface area (Å²) in [5.74, 6) is -0.0864. The molecule has 6 nitrogen and oxygen atoms in total. The monoisotopic (exact) mass is 418 g/mol. The molecule has 1 aromatic carbocycles. The number of rotatable bonds is 6. The summed E-state index contributed by atoms with van der Waals surface area (Å²) in [6, 6.07) is 6.16. The number of carbonyl (C=O) groups is 2. The number of benzene rings is 1. The molecule has 7 heteroatoms. The van der Waals surface area contributed by atoms with Crippen molar-refractivity contribution in [2.24, 2.45) is 11.7 Å². The number of nitrogens with one attached hydrogen (secondary N) is 1.